The molecule has 3 nitrogen and oxygen atoms in total. The number of carbonyl (C=O) groups excluding carboxylic acids is 1. The molecule has 0 heterocycles. The van der Waals surface area contributed by atoms with Crippen molar-refractivity contribution in [2.24, 2.45) is 5.41 Å². The Balaban J connectivity index is 1.88. The number of halogens is 1. The molecular weight excluding hydrogens is 257 g/mol. The van der Waals surface area contributed by atoms with Gasteiger partial charge in [0.1, 0.15) is 0 Å². The van der Waals surface area contributed by atoms with E-state index in [1.54, 1.807) is 19.1 Å². The predicted molar refractivity (Wildman–Crippen MR) is 76.1 cm³/mol. The number of ether oxygens (including phenoxy) is 1. The van der Waals surface area contributed by atoms with Crippen molar-refractivity contribution in [2.75, 3.05) is 0 Å². The Morgan fingerprint density at radius 3 is 2.75 bits per heavy atom. The smallest absolute Gasteiger partial charge is 0.260 e. The number of para-hydroxylation sites is 1. The minimum atomic E-state index is -0.699. The van der Waals surface area contributed by atoms with Gasteiger partial charge in [0, 0.05) is 6.04 Å². The van der Waals surface area contributed by atoms with Crippen LogP contribution in [0.4, 0.5) is 4.39 Å². The van der Waals surface area contributed by atoms with Gasteiger partial charge in [-0.2, -0.15) is 0 Å². The van der Waals surface area contributed by atoms with Gasteiger partial charge in [0.2, 0.25) is 0 Å². The SMILES string of the molecule is CC(Oc1ccccc1F)C(=O)NC1CCC(C)(C)C1. The first-order valence-electron chi connectivity index (χ1n) is 7.09. The number of nitrogens with one attached hydrogen (secondary N) is 1. The number of amides is 1. The molecule has 1 aromatic carbocycles. The summed E-state index contributed by atoms with van der Waals surface area (Å²) in [4.78, 5) is 12.1. The van der Waals surface area contributed by atoms with Crippen LogP contribution in [0.15, 0.2) is 24.3 Å². The maximum Gasteiger partial charge on any atom is 0.260 e. The van der Waals surface area contributed by atoms with Crippen LogP contribution in [-0.2, 0) is 4.79 Å². The number of carbonyl (C=O) groups is 1. The standard InChI is InChI=1S/C16H22FNO2/c1-11(20-14-7-5-4-6-13(14)17)15(19)18-12-8-9-16(2,3)10-12/h4-7,11-12H,8-10H2,1-3H3,(H,18,19). The lowest BCUT2D eigenvalue weighted by atomic mass is 9.92. The summed E-state index contributed by atoms with van der Waals surface area (Å²) in [7, 11) is 0. The first kappa shape index (κ1) is 14.8. The van der Waals surface area contributed by atoms with Gasteiger partial charge in [-0.1, -0.05) is 26.0 Å². The lowest BCUT2D eigenvalue weighted by molar-refractivity contribution is -0.128. The first-order valence-corrected chi connectivity index (χ1v) is 7.09. The van der Waals surface area contributed by atoms with E-state index in [0.717, 1.165) is 19.3 Å². The Hall–Kier alpha value is -1.58. The van der Waals surface area contributed by atoms with Crippen molar-refractivity contribution in [3.8, 4) is 5.75 Å². The number of rotatable bonds is 4. The average molecular weight is 279 g/mol. The van der Waals surface area contributed by atoms with Crippen molar-refractivity contribution >= 4 is 5.91 Å². The third-order valence-corrected chi connectivity index (χ3v) is 3.82. The highest BCUT2D eigenvalue weighted by atomic mass is 19.1. The van der Waals surface area contributed by atoms with Gasteiger partial charge in [-0.3, -0.25) is 4.79 Å². The second-order valence-corrected chi connectivity index (χ2v) is 6.30. The van der Waals surface area contributed by atoms with Crippen molar-refractivity contribution in [3.05, 3.63) is 30.1 Å². The summed E-state index contributed by atoms with van der Waals surface area (Å²) in [6, 6.07) is 6.32. The lowest BCUT2D eigenvalue weighted by Gasteiger charge is -2.20. The zero-order chi connectivity index (χ0) is 14.8. The van der Waals surface area contributed by atoms with Gasteiger partial charge in [0.15, 0.2) is 17.7 Å². The lowest BCUT2D eigenvalue weighted by Crippen LogP contribution is -2.41. The van der Waals surface area contributed by atoms with Crippen molar-refractivity contribution in [1.29, 1.82) is 0 Å². The van der Waals surface area contributed by atoms with Crippen molar-refractivity contribution in [3.63, 3.8) is 0 Å². The minimum absolute atomic E-state index is 0.113. The van der Waals surface area contributed by atoms with Crippen molar-refractivity contribution in [1.82, 2.24) is 5.32 Å². The van der Waals surface area contributed by atoms with Crippen LogP contribution < -0.4 is 10.1 Å². The molecule has 2 atom stereocenters. The van der Waals surface area contributed by atoms with Crippen LogP contribution in [0.2, 0.25) is 0 Å². The van der Waals surface area contributed by atoms with Gasteiger partial charge in [-0.15, -0.1) is 0 Å². The summed E-state index contributed by atoms with van der Waals surface area (Å²) < 4.78 is 18.8. The second kappa shape index (κ2) is 5.81. The Morgan fingerprint density at radius 1 is 1.45 bits per heavy atom. The summed E-state index contributed by atoms with van der Waals surface area (Å²) in [5.74, 6) is -0.521. The molecule has 0 radical (unpaired) electrons. The van der Waals surface area contributed by atoms with E-state index >= 15 is 0 Å². The van der Waals surface area contributed by atoms with E-state index in [0.29, 0.717) is 0 Å². The Morgan fingerprint density at radius 2 is 2.15 bits per heavy atom. The van der Waals surface area contributed by atoms with E-state index in [9.17, 15) is 9.18 Å². The van der Waals surface area contributed by atoms with Gasteiger partial charge in [0.25, 0.3) is 5.91 Å². The van der Waals surface area contributed by atoms with Crippen LogP contribution in [-0.4, -0.2) is 18.1 Å². The van der Waals surface area contributed by atoms with E-state index in [1.807, 2.05) is 0 Å². The summed E-state index contributed by atoms with van der Waals surface area (Å²) in [5, 5.41) is 2.99. The molecule has 0 aliphatic heterocycles. The third-order valence-electron chi connectivity index (χ3n) is 3.82. The van der Waals surface area contributed by atoms with Crippen LogP contribution in [0, 0.1) is 11.2 Å². The zero-order valence-electron chi connectivity index (χ0n) is 12.3. The highest BCUT2D eigenvalue weighted by molar-refractivity contribution is 5.81. The van der Waals surface area contributed by atoms with Gasteiger partial charge in [0.05, 0.1) is 0 Å². The molecule has 1 aliphatic rings. The van der Waals surface area contributed by atoms with Gasteiger partial charge < -0.3 is 10.1 Å². The molecule has 20 heavy (non-hydrogen) atoms. The average Bonchev–Trinajstić information content (AvgIpc) is 2.71. The van der Waals surface area contributed by atoms with E-state index < -0.39 is 11.9 Å². The molecule has 0 saturated heterocycles. The highest BCUT2D eigenvalue weighted by Gasteiger charge is 2.32. The van der Waals surface area contributed by atoms with Crippen LogP contribution in [0.3, 0.4) is 0 Å². The normalized spacial score (nSPS) is 22.3. The van der Waals surface area contributed by atoms with Gasteiger partial charge in [-0.05, 0) is 43.7 Å². The predicted octanol–water partition coefficient (Wildman–Crippen LogP) is 3.29. The maximum atomic E-state index is 13.5. The molecule has 0 spiro atoms. The monoisotopic (exact) mass is 279 g/mol. The molecule has 0 aromatic heterocycles. The van der Waals surface area contributed by atoms with Crippen LogP contribution in [0.5, 0.6) is 5.75 Å². The minimum Gasteiger partial charge on any atom is -0.478 e. The molecule has 1 saturated carbocycles. The Labute approximate surface area is 119 Å². The number of hydrogen-bond acceptors (Lipinski definition) is 2. The highest BCUT2D eigenvalue weighted by Crippen LogP contribution is 2.36. The number of benzene rings is 1. The fraction of sp³-hybridized carbons (Fsp3) is 0.562. The molecule has 4 heteroatoms. The van der Waals surface area contributed by atoms with E-state index in [4.69, 9.17) is 4.74 Å². The fourth-order valence-corrected chi connectivity index (χ4v) is 2.66. The largest absolute Gasteiger partial charge is 0.478 e. The molecule has 1 aromatic rings. The van der Waals surface area contributed by atoms with Crippen LogP contribution in [0.1, 0.15) is 40.0 Å². The topological polar surface area (TPSA) is 38.3 Å². The van der Waals surface area contributed by atoms with E-state index in [2.05, 4.69) is 19.2 Å². The second-order valence-electron chi connectivity index (χ2n) is 6.30. The summed E-state index contributed by atoms with van der Waals surface area (Å²) >= 11 is 0. The zero-order valence-corrected chi connectivity index (χ0v) is 12.3. The molecule has 110 valence electrons. The fourth-order valence-electron chi connectivity index (χ4n) is 2.66. The van der Waals surface area contributed by atoms with Gasteiger partial charge in [-0.25, -0.2) is 4.39 Å². The molecular formula is C16H22FNO2. The summed E-state index contributed by atoms with van der Waals surface area (Å²) in [6.45, 7) is 6.05. The molecule has 1 N–H and O–H groups in total. The van der Waals surface area contributed by atoms with Gasteiger partial charge >= 0.3 is 0 Å². The molecule has 1 aliphatic carbocycles. The molecule has 1 amide bonds. The van der Waals surface area contributed by atoms with Crippen LogP contribution in [0.25, 0.3) is 0 Å². The van der Waals surface area contributed by atoms with E-state index in [-0.39, 0.29) is 23.1 Å². The maximum absolute atomic E-state index is 13.5. The Bertz CT molecular complexity index is 487. The first-order chi connectivity index (χ1) is 9.37. The molecule has 2 unspecified atom stereocenters. The summed E-state index contributed by atoms with van der Waals surface area (Å²) in [6.07, 6.45) is 2.38. The Kier molecular flexibility index (Phi) is 4.31. The quantitative estimate of drug-likeness (QED) is 0.918. The van der Waals surface area contributed by atoms with Crippen molar-refractivity contribution < 1.29 is 13.9 Å². The molecule has 2 rings (SSSR count). The molecule has 1 fully saturated rings. The summed E-state index contributed by atoms with van der Waals surface area (Å²) in [5.41, 5.74) is 0.285. The number of hydrogen-bond donors (Lipinski definition) is 1. The van der Waals surface area contributed by atoms with Crippen LogP contribution >= 0.6 is 0 Å². The third kappa shape index (κ3) is 3.71. The van der Waals surface area contributed by atoms with E-state index in [1.165, 1.54) is 12.1 Å². The van der Waals surface area contributed by atoms with Crippen molar-refractivity contribution in [2.45, 2.75) is 52.2 Å². The molecule has 0 bridgehead atoms.